The van der Waals surface area contributed by atoms with E-state index in [0.717, 1.165) is 0 Å². The Bertz CT molecular complexity index is 250. The van der Waals surface area contributed by atoms with Crippen molar-refractivity contribution in [3.63, 3.8) is 0 Å². The fourth-order valence-corrected chi connectivity index (χ4v) is 1.79. The number of nitrogens with one attached hydrogen (secondary N) is 2. The summed E-state index contributed by atoms with van der Waals surface area (Å²) in [6.45, 7) is 5.50. The Morgan fingerprint density at radius 3 is 2.35 bits per heavy atom. The highest BCUT2D eigenvalue weighted by Crippen LogP contribution is 2.42. The van der Waals surface area contributed by atoms with E-state index in [1.165, 1.54) is 7.11 Å². The molecule has 6 heteroatoms. The van der Waals surface area contributed by atoms with Gasteiger partial charge in [0.25, 0.3) is 5.92 Å². The van der Waals surface area contributed by atoms with Crippen LogP contribution in [0, 0.1) is 5.41 Å². The third-order valence-corrected chi connectivity index (χ3v) is 3.02. The van der Waals surface area contributed by atoms with Crippen molar-refractivity contribution < 1.29 is 18.3 Å². The lowest BCUT2D eigenvalue weighted by Crippen LogP contribution is -2.48. The Balaban J connectivity index is 0.00000121. The molecular formula is C11H22F2N2O2. The number of rotatable bonds is 3. The first kappa shape index (κ1) is 16.1. The van der Waals surface area contributed by atoms with Crippen LogP contribution in [0.4, 0.5) is 13.6 Å². The molecule has 0 aromatic rings. The lowest BCUT2D eigenvalue weighted by Gasteiger charge is -2.32. The zero-order valence-electron chi connectivity index (χ0n) is 10.9. The van der Waals surface area contributed by atoms with Crippen LogP contribution >= 0.6 is 0 Å². The lowest BCUT2D eigenvalue weighted by atomic mass is 9.81. The predicted octanol–water partition coefficient (Wildman–Crippen LogP) is 2.00. The van der Waals surface area contributed by atoms with E-state index in [4.69, 9.17) is 0 Å². The number of alkyl carbamates (subject to hydrolysis) is 1. The van der Waals surface area contributed by atoms with Gasteiger partial charge in [0.1, 0.15) is 0 Å². The number of hydrogen-bond donors (Lipinski definition) is 2. The highest BCUT2D eigenvalue weighted by atomic mass is 19.3. The normalized spacial score (nSPS) is 25.8. The van der Waals surface area contributed by atoms with Gasteiger partial charge in [-0.1, -0.05) is 20.8 Å². The lowest BCUT2D eigenvalue weighted by molar-refractivity contribution is -0.0831. The number of ether oxygens (including phenoxy) is 1. The number of alkyl halides is 2. The van der Waals surface area contributed by atoms with Crippen molar-refractivity contribution in [2.75, 3.05) is 26.7 Å². The van der Waals surface area contributed by atoms with E-state index in [1.54, 1.807) is 6.92 Å². The van der Waals surface area contributed by atoms with Crippen molar-refractivity contribution in [1.82, 2.24) is 10.6 Å². The van der Waals surface area contributed by atoms with Crippen molar-refractivity contribution in [1.29, 1.82) is 0 Å². The maximum Gasteiger partial charge on any atom is 0.406 e. The van der Waals surface area contributed by atoms with E-state index in [0.29, 0.717) is 6.42 Å². The van der Waals surface area contributed by atoms with E-state index < -0.39 is 17.4 Å². The Hall–Kier alpha value is -0.910. The highest BCUT2D eigenvalue weighted by Gasteiger charge is 2.55. The van der Waals surface area contributed by atoms with Gasteiger partial charge in [-0.15, -0.1) is 0 Å². The Labute approximate surface area is 101 Å². The van der Waals surface area contributed by atoms with Crippen LogP contribution in [0.2, 0.25) is 0 Å². The van der Waals surface area contributed by atoms with E-state index in [-0.39, 0.29) is 19.6 Å². The monoisotopic (exact) mass is 252 g/mol. The van der Waals surface area contributed by atoms with Crippen LogP contribution in [-0.4, -0.2) is 38.8 Å². The van der Waals surface area contributed by atoms with Gasteiger partial charge >= 0.3 is 6.09 Å². The third kappa shape index (κ3) is 3.52. The maximum atomic E-state index is 13.6. The van der Waals surface area contributed by atoms with Crippen LogP contribution in [0.25, 0.3) is 0 Å². The molecule has 1 heterocycles. The topological polar surface area (TPSA) is 50.4 Å². The van der Waals surface area contributed by atoms with E-state index >= 15 is 0 Å². The first-order valence-corrected chi connectivity index (χ1v) is 5.88. The molecule has 1 aliphatic heterocycles. The molecular weight excluding hydrogens is 230 g/mol. The van der Waals surface area contributed by atoms with Gasteiger partial charge in [-0.05, 0) is 6.42 Å². The third-order valence-electron chi connectivity index (χ3n) is 3.02. The van der Waals surface area contributed by atoms with Crippen LogP contribution in [0.5, 0.6) is 0 Å². The molecule has 0 spiro atoms. The molecule has 1 unspecified atom stereocenters. The molecule has 0 saturated carbocycles. The molecule has 0 aromatic heterocycles. The molecule has 0 aliphatic carbocycles. The summed E-state index contributed by atoms with van der Waals surface area (Å²) in [4.78, 5) is 10.8. The molecule has 0 radical (unpaired) electrons. The molecule has 17 heavy (non-hydrogen) atoms. The molecule has 0 aromatic carbocycles. The predicted molar refractivity (Wildman–Crippen MR) is 62.3 cm³/mol. The number of hydrogen-bond acceptors (Lipinski definition) is 3. The van der Waals surface area contributed by atoms with E-state index in [2.05, 4.69) is 15.4 Å². The first-order chi connectivity index (χ1) is 7.97. The number of amides is 1. The maximum absolute atomic E-state index is 13.6. The fraction of sp³-hybridized carbons (Fsp3) is 0.909. The molecule has 1 atom stereocenters. The second-order valence-corrected chi connectivity index (χ2v) is 3.79. The summed E-state index contributed by atoms with van der Waals surface area (Å²) in [5.74, 6) is -2.79. The minimum absolute atomic E-state index is 0.0732. The van der Waals surface area contributed by atoms with Gasteiger partial charge in [-0.2, -0.15) is 0 Å². The summed E-state index contributed by atoms with van der Waals surface area (Å²) in [7, 11) is 1.21. The molecule has 1 rings (SSSR count). The first-order valence-electron chi connectivity index (χ1n) is 5.88. The second-order valence-electron chi connectivity index (χ2n) is 3.79. The molecule has 1 saturated heterocycles. The van der Waals surface area contributed by atoms with Crippen LogP contribution < -0.4 is 10.6 Å². The number of halogens is 2. The summed E-state index contributed by atoms with van der Waals surface area (Å²) in [6.07, 6.45) is -0.373. The summed E-state index contributed by atoms with van der Waals surface area (Å²) in [6, 6.07) is 0. The minimum Gasteiger partial charge on any atom is -0.453 e. The summed E-state index contributed by atoms with van der Waals surface area (Å²) < 4.78 is 31.5. The summed E-state index contributed by atoms with van der Waals surface area (Å²) in [5.41, 5.74) is -1.19. The van der Waals surface area contributed by atoms with Crippen molar-refractivity contribution >= 4 is 6.09 Å². The second kappa shape index (κ2) is 6.74. The fourth-order valence-electron chi connectivity index (χ4n) is 1.79. The van der Waals surface area contributed by atoms with Crippen molar-refractivity contribution in [3.8, 4) is 0 Å². The van der Waals surface area contributed by atoms with Crippen molar-refractivity contribution in [2.24, 2.45) is 5.41 Å². The Morgan fingerprint density at radius 2 is 2.00 bits per heavy atom. The van der Waals surface area contributed by atoms with Gasteiger partial charge in [-0.25, -0.2) is 13.6 Å². The van der Waals surface area contributed by atoms with Crippen molar-refractivity contribution in [2.45, 2.75) is 33.1 Å². The van der Waals surface area contributed by atoms with Crippen LogP contribution in [0.1, 0.15) is 27.2 Å². The number of carbonyl (C=O) groups excluding carboxylic acids is 1. The van der Waals surface area contributed by atoms with E-state index in [9.17, 15) is 13.6 Å². The average Bonchev–Trinajstić information content (AvgIpc) is 2.64. The number of methoxy groups -OCH3 is 1. The molecule has 1 aliphatic rings. The van der Waals surface area contributed by atoms with Crippen molar-refractivity contribution in [3.05, 3.63) is 0 Å². The van der Waals surface area contributed by atoms with Gasteiger partial charge in [0.2, 0.25) is 0 Å². The Morgan fingerprint density at radius 1 is 1.41 bits per heavy atom. The largest absolute Gasteiger partial charge is 0.453 e. The SMILES string of the molecule is CC.CCC1(CNC(=O)OC)CNCC1(F)F. The molecule has 1 fully saturated rings. The van der Waals surface area contributed by atoms with Gasteiger partial charge in [-0.3, -0.25) is 0 Å². The molecule has 102 valence electrons. The average molecular weight is 252 g/mol. The van der Waals surface area contributed by atoms with E-state index in [1.807, 2.05) is 13.8 Å². The smallest absolute Gasteiger partial charge is 0.406 e. The van der Waals surface area contributed by atoms with Crippen LogP contribution in [-0.2, 0) is 4.74 Å². The molecule has 4 nitrogen and oxygen atoms in total. The number of carbonyl (C=O) groups is 1. The molecule has 1 amide bonds. The standard InChI is InChI=1S/C9H16F2N2O2.C2H6/c1-3-8(5-13-7(14)15-2)4-12-6-9(8,10)11;1-2/h12H,3-6H2,1-2H3,(H,13,14);1-2H3. The molecule has 0 bridgehead atoms. The van der Waals surface area contributed by atoms with Gasteiger partial charge in [0.15, 0.2) is 0 Å². The highest BCUT2D eigenvalue weighted by molar-refractivity contribution is 5.66. The van der Waals surface area contributed by atoms with Crippen LogP contribution in [0.15, 0.2) is 0 Å². The van der Waals surface area contributed by atoms with Gasteiger partial charge in [0, 0.05) is 13.1 Å². The van der Waals surface area contributed by atoms with Gasteiger partial charge in [0.05, 0.1) is 19.1 Å². The van der Waals surface area contributed by atoms with Crippen LogP contribution in [0.3, 0.4) is 0 Å². The summed E-state index contributed by atoms with van der Waals surface area (Å²) in [5, 5.41) is 4.99. The zero-order chi connectivity index (χ0) is 13.5. The minimum atomic E-state index is -2.79. The molecule has 2 N–H and O–H groups in total. The quantitative estimate of drug-likeness (QED) is 0.807. The zero-order valence-corrected chi connectivity index (χ0v) is 10.9. The van der Waals surface area contributed by atoms with Gasteiger partial charge < -0.3 is 15.4 Å². The Kier molecular flexibility index (Phi) is 6.37. The summed E-state index contributed by atoms with van der Waals surface area (Å²) >= 11 is 0.